The zero-order chi connectivity index (χ0) is 24.4. The molecule has 3 amide bonds. The Balaban J connectivity index is 0.00000133. The highest BCUT2D eigenvalue weighted by Crippen LogP contribution is 2.32. The van der Waals surface area contributed by atoms with Gasteiger partial charge in [-0.3, -0.25) is 15.1 Å². The summed E-state index contributed by atoms with van der Waals surface area (Å²) in [5.74, 6) is -0.235. The van der Waals surface area contributed by atoms with E-state index in [-0.39, 0.29) is 11.9 Å². The van der Waals surface area contributed by atoms with Gasteiger partial charge in [-0.15, -0.1) is 0 Å². The Morgan fingerprint density at radius 3 is 2.59 bits per heavy atom. The molecule has 1 N–H and O–H groups in total. The first-order valence-electron chi connectivity index (χ1n) is 12.2. The molecular weight excluding hydrogens is 424 g/mol. The summed E-state index contributed by atoms with van der Waals surface area (Å²) >= 11 is 0. The molecule has 34 heavy (non-hydrogen) atoms. The SMILES string of the molecule is CC.Cc1cc2nc(CN3c4ccccc4CCC3C)ccc2cc1CC1C(=O)NC(=O)N1C. The molecule has 2 aliphatic heterocycles. The number of rotatable bonds is 4. The van der Waals surface area contributed by atoms with Crippen LogP contribution in [0.15, 0.2) is 48.5 Å². The van der Waals surface area contributed by atoms with Crippen molar-refractivity contribution in [1.82, 2.24) is 15.2 Å². The summed E-state index contributed by atoms with van der Waals surface area (Å²) in [5, 5.41) is 3.43. The summed E-state index contributed by atoms with van der Waals surface area (Å²) < 4.78 is 0. The second kappa shape index (κ2) is 9.84. The standard InChI is InChI=1S/C26H28N4O2.C2H6/c1-16-12-22-19(13-20(16)14-24-25(31)28-26(32)29(24)3)10-11-21(27-22)15-30-17(2)8-9-18-6-4-5-7-23(18)30;1-2/h4-7,10-13,17,24H,8-9,14-15H2,1-3H3,(H,28,31,32);1-2H3. The lowest BCUT2D eigenvalue weighted by Gasteiger charge is -2.37. The minimum Gasteiger partial charge on any atom is -0.363 e. The molecule has 3 aromatic rings. The summed E-state index contributed by atoms with van der Waals surface area (Å²) in [7, 11) is 1.66. The molecule has 3 heterocycles. The summed E-state index contributed by atoms with van der Waals surface area (Å²) in [6.07, 6.45) is 2.78. The van der Waals surface area contributed by atoms with Crippen LogP contribution in [0.2, 0.25) is 0 Å². The minimum atomic E-state index is -0.466. The summed E-state index contributed by atoms with van der Waals surface area (Å²) in [6.45, 7) is 9.11. The Hall–Kier alpha value is -3.41. The number of carbonyl (C=O) groups is 2. The number of benzene rings is 2. The van der Waals surface area contributed by atoms with Crippen LogP contribution in [0.4, 0.5) is 10.5 Å². The van der Waals surface area contributed by atoms with Gasteiger partial charge in [0.05, 0.1) is 17.8 Å². The first-order valence-corrected chi connectivity index (χ1v) is 12.2. The van der Waals surface area contributed by atoms with E-state index in [1.807, 2.05) is 20.8 Å². The van der Waals surface area contributed by atoms with Crippen LogP contribution in [0.25, 0.3) is 10.9 Å². The zero-order valence-electron chi connectivity index (χ0n) is 20.8. The van der Waals surface area contributed by atoms with Gasteiger partial charge in [0.15, 0.2) is 0 Å². The summed E-state index contributed by atoms with van der Waals surface area (Å²) in [4.78, 5) is 32.8. The normalized spacial score (nSPS) is 19.6. The maximum absolute atomic E-state index is 12.1. The Bertz CT molecular complexity index is 1220. The number of hydrogen-bond acceptors (Lipinski definition) is 4. The number of aryl methyl sites for hydroxylation is 2. The number of imide groups is 1. The predicted molar refractivity (Wildman–Crippen MR) is 137 cm³/mol. The first-order chi connectivity index (χ1) is 16.4. The molecule has 6 heteroatoms. The van der Waals surface area contributed by atoms with E-state index in [2.05, 4.69) is 65.7 Å². The fourth-order valence-corrected chi connectivity index (χ4v) is 4.88. The lowest BCUT2D eigenvalue weighted by atomic mass is 9.96. The van der Waals surface area contributed by atoms with Gasteiger partial charge in [-0.05, 0) is 67.6 Å². The van der Waals surface area contributed by atoms with Gasteiger partial charge >= 0.3 is 6.03 Å². The lowest BCUT2D eigenvalue weighted by Crippen LogP contribution is -2.36. The fourth-order valence-electron chi connectivity index (χ4n) is 4.88. The minimum absolute atomic E-state index is 0.235. The monoisotopic (exact) mass is 458 g/mol. The van der Waals surface area contributed by atoms with Crippen molar-refractivity contribution in [3.05, 3.63) is 70.9 Å². The van der Waals surface area contributed by atoms with Crippen molar-refractivity contribution in [2.45, 2.75) is 65.6 Å². The number of hydrogen-bond donors (Lipinski definition) is 1. The molecule has 6 nitrogen and oxygen atoms in total. The van der Waals surface area contributed by atoms with E-state index in [4.69, 9.17) is 4.98 Å². The summed E-state index contributed by atoms with van der Waals surface area (Å²) in [5.41, 5.74) is 6.88. The third-order valence-electron chi connectivity index (χ3n) is 6.94. The van der Waals surface area contributed by atoms with Gasteiger partial charge in [-0.1, -0.05) is 38.1 Å². The van der Waals surface area contributed by atoms with Crippen LogP contribution in [0.1, 0.15) is 49.6 Å². The Kier molecular flexibility index (Phi) is 6.87. The predicted octanol–water partition coefficient (Wildman–Crippen LogP) is 5.00. The number of aromatic nitrogens is 1. The van der Waals surface area contributed by atoms with Gasteiger partial charge in [-0.25, -0.2) is 4.79 Å². The van der Waals surface area contributed by atoms with E-state index in [1.165, 1.54) is 16.2 Å². The van der Waals surface area contributed by atoms with Crippen molar-refractivity contribution >= 4 is 28.5 Å². The van der Waals surface area contributed by atoms with Crippen LogP contribution in [-0.2, 0) is 24.2 Å². The molecule has 0 spiro atoms. The molecule has 2 unspecified atom stereocenters. The molecule has 1 aromatic heterocycles. The lowest BCUT2D eigenvalue weighted by molar-refractivity contribution is -0.121. The molecule has 2 aliphatic rings. The van der Waals surface area contributed by atoms with Crippen molar-refractivity contribution in [2.24, 2.45) is 0 Å². The fraction of sp³-hybridized carbons (Fsp3) is 0.393. The number of urea groups is 1. The van der Waals surface area contributed by atoms with Crippen LogP contribution in [0.5, 0.6) is 0 Å². The highest BCUT2D eigenvalue weighted by Gasteiger charge is 2.35. The van der Waals surface area contributed by atoms with Crippen molar-refractivity contribution in [3.8, 4) is 0 Å². The van der Waals surface area contributed by atoms with Gasteiger partial charge in [0, 0.05) is 30.6 Å². The maximum atomic E-state index is 12.1. The molecule has 5 rings (SSSR count). The number of para-hydroxylation sites is 1. The number of pyridine rings is 1. The maximum Gasteiger partial charge on any atom is 0.324 e. The highest BCUT2D eigenvalue weighted by atomic mass is 16.2. The van der Waals surface area contributed by atoms with Crippen molar-refractivity contribution in [1.29, 1.82) is 0 Å². The van der Waals surface area contributed by atoms with Gasteiger partial charge in [0.2, 0.25) is 0 Å². The molecule has 0 radical (unpaired) electrons. The van der Waals surface area contributed by atoms with Crippen molar-refractivity contribution in [3.63, 3.8) is 0 Å². The van der Waals surface area contributed by atoms with Gasteiger partial charge in [0.25, 0.3) is 5.91 Å². The Morgan fingerprint density at radius 1 is 1.09 bits per heavy atom. The third-order valence-corrected chi connectivity index (χ3v) is 6.94. The van der Waals surface area contributed by atoms with E-state index < -0.39 is 6.04 Å². The largest absolute Gasteiger partial charge is 0.363 e. The number of likely N-dealkylation sites (N-methyl/N-ethyl adjacent to an activating group) is 1. The van der Waals surface area contributed by atoms with E-state index in [0.29, 0.717) is 12.5 Å². The average molecular weight is 459 g/mol. The van der Waals surface area contributed by atoms with Gasteiger partial charge in [0.1, 0.15) is 6.04 Å². The molecule has 178 valence electrons. The smallest absolute Gasteiger partial charge is 0.324 e. The molecule has 0 bridgehead atoms. The van der Waals surface area contributed by atoms with Crippen molar-refractivity contribution in [2.75, 3.05) is 11.9 Å². The van der Waals surface area contributed by atoms with Crippen LogP contribution < -0.4 is 10.2 Å². The number of nitrogens with one attached hydrogen (secondary N) is 1. The molecule has 2 aromatic carbocycles. The molecule has 1 saturated heterocycles. The molecule has 1 fully saturated rings. The Labute approximate surface area is 202 Å². The molecule has 2 atom stereocenters. The molecule has 0 aliphatic carbocycles. The topological polar surface area (TPSA) is 65.5 Å². The zero-order valence-corrected chi connectivity index (χ0v) is 20.8. The number of amides is 3. The van der Waals surface area contributed by atoms with Gasteiger partial charge in [-0.2, -0.15) is 0 Å². The summed E-state index contributed by atoms with van der Waals surface area (Å²) in [6, 6.07) is 16.7. The quantitative estimate of drug-likeness (QED) is 0.559. The third kappa shape index (κ3) is 4.49. The van der Waals surface area contributed by atoms with E-state index in [9.17, 15) is 9.59 Å². The number of nitrogens with zero attached hydrogens (tertiary/aromatic N) is 3. The van der Waals surface area contributed by atoms with Crippen LogP contribution in [0, 0.1) is 6.92 Å². The number of carbonyl (C=O) groups excluding carboxylic acids is 2. The average Bonchev–Trinajstić information content (AvgIpc) is 3.08. The first kappa shape index (κ1) is 23.7. The second-order valence-corrected chi connectivity index (χ2v) is 9.04. The second-order valence-electron chi connectivity index (χ2n) is 9.04. The van der Waals surface area contributed by atoms with Gasteiger partial charge < -0.3 is 9.80 Å². The van der Waals surface area contributed by atoms with Crippen LogP contribution >= 0.6 is 0 Å². The van der Waals surface area contributed by atoms with Crippen LogP contribution in [-0.4, -0.2) is 41.0 Å². The number of anilines is 1. The van der Waals surface area contributed by atoms with Crippen LogP contribution in [0.3, 0.4) is 0 Å². The number of fused-ring (bicyclic) bond motifs is 2. The van der Waals surface area contributed by atoms with E-state index >= 15 is 0 Å². The van der Waals surface area contributed by atoms with E-state index in [0.717, 1.165) is 47.1 Å². The Morgan fingerprint density at radius 2 is 1.85 bits per heavy atom. The highest BCUT2D eigenvalue weighted by molar-refractivity contribution is 6.04. The van der Waals surface area contributed by atoms with E-state index in [1.54, 1.807) is 7.05 Å². The van der Waals surface area contributed by atoms with Crippen molar-refractivity contribution < 1.29 is 9.59 Å². The molecule has 0 saturated carbocycles. The molecular formula is C28H34N4O2.